The SMILES string of the molecule is O=C(NC([Se])=Nc1ccc([C]2[CH][CH][CH][CH]2)cc1)c1ccccc1F. The first kappa shape index (κ1) is 16.9. The summed E-state index contributed by atoms with van der Waals surface area (Å²) in [6, 6.07) is 13.4. The summed E-state index contributed by atoms with van der Waals surface area (Å²) in [5.74, 6) is 0.0301. The van der Waals surface area contributed by atoms with Gasteiger partial charge in [0.25, 0.3) is 0 Å². The fourth-order valence-corrected chi connectivity index (χ4v) is 2.67. The number of halogens is 1. The summed E-state index contributed by atoms with van der Waals surface area (Å²) >= 11 is 2.68. The van der Waals surface area contributed by atoms with Gasteiger partial charge >= 0.3 is 149 Å². The van der Waals surface area contributed by atoms with Crippen molar-refractivity contribution in [1.29, 1.82) is 0 Å². The van der Waals surface area contributed by atoms with Gasteiger partial charge in [-0.05, 0) is 0 Å². The molecule has 1 aliphatic rings. The zero-order chi connectivity index (χ0) is 16.9. The molecular formula is C19H13FN2OSe. The van der Waals surface area contributed by atoms with Gasteiger partial charge in [0.2, 0.25) is 0 Å². The Hall–Kier alpha value is -1.97. The van der Waals surface area contributed by atoms with Crippen LogP contribution < -0.4 is 5.32 Å². The van der Waals surface area contributed by atoms with Crippen molar-refractivity contribution < 1.29 is 9.18 Å². The normalized spacial score (nSPS) is 15.5. The average molecular weight is 383 g/mol. The van der Waals surface area contributed by atoms with Crippen LogP contribution >= 0.6 is 0 Å². The van der Waals surface area contributed by atoms with Gasteiger partial charge in [-0.25, -0.2) is 0 Å². The molecule has 0 saturated heterocycles. The van der Waals surface area contributed by atoms with Crippen LogP contribution in [0.5, 0.6) is 0 Å². The second kappa shape index (κ2) is 7.73. The van der Waals surface area contributed by atoms with Gasteiger partial charge in [-0.1, -0.05) is 0 Å². The second-order valence-electron chi connectivity index (χ2n) is 5.07. The molecule has 1 aliphatic carbocycles. The molecule has 0 atom stereocenters. The van der Waals surface area contributed by atoms with Crippen LogP contribution in [0.3, 0.4) is 0 Å². The van der Waals surface area contributed by atoms with E-state index in [0.717, 1.165) is 11.5 Å². The molecule has 1 saturated carbocycles. The first-order valence-electron chi connectivity index (χ1n) is 7.27. The van der Waals surface area contributed by atoms with E-state index in [1.807, 2.05) is 49.9 Å². The summed E-state index contributed by atoms with van der Waals surface area (Å²) < 4.78 is 13.9. The molecule has 24 heavy (non-hydrogen) atoms. The Bertz CT molecular complexity index is 752. The third-order valence-electron chi connectivity index (χ3n) is 3.43. The van der Waals surface area contributed by atoms with Gasteiger partial charge in [-0.15, -0.1) is 0 Å². The van der Waals surface area contributed by atoms with Crippen molar-refractivity contribution in [3.8, 4) is 0 Å². The van der Waals surface area contributed by atoms with Crippen LogP contribution in [0.25, 0.3) is 0 Å². The molecule has 1 amide bonds. The first-order valence-corrected chi connectivity index (χ1v) is 8.13. The van der Waals surface area contributed by atoms with Crippen LogP contribution in [0.15, 0.2) is 53.5 Å². The van der Waals surface area contributed by atoms with E-state index < -0.39 is 11.7 Å². The van der Waals surface area contributed by atoms with Gasteiger partial charge in [0.05, 0.1) is 0 Å². The van der Waals surface area contributed by atoms with E-state index in [4.69, 9.17) is 0 Å². The number of nitrogens with one attached hydrogen (secondary N) is 1. The maximum atomic E-state index is 13.6. The van der Waals surface area contributed by atoms with Gasteiger partial charge in [-0.3, -0.25) is 0 Å². The minimum absolute atomic E-state index is 0.0213. The Balaban J connectivity index is 1.67. The van der Waals surface area contributed by atoms with Crippen LogP contribution in [0.1, 0.15) is 15.9 Å². The standard InChI is InChI=1S/C19H13FN2OSe/c20-17-8-4-3-7-16(17)18(23)22-19(24)21-15-11-9-14(10-12-15)13-5-1-2-6-13/h1-12H,(H,21,22,23). The summed E-state index contributed by atoms with van der Waals surface area (Å²) in [4.78, 5) is 16.3. The van der Waals surface area contributed by atoms with Crippen LogP contribution in [-0.4, -0.2) is 26.7 Å². The van der Waals surface area contributed by atoms with E-state index in [0.29, 0.717) is 5.69 Å². The number of carbonyl (C=O) groups is 1. The predicted molar refractivity (Wildman–Crippen MR) is 92.7 cm³/mol. The van der Waals surface area contributed by atoms with Crippen molar-refractivity contribution in [2.24, 2.45) is 4.99 Å². The number of hydrogen-bond acceptors (Lipinski definition) is 2. The third-order valence-corrected chi connectivity index (χ3v) is 3.84. The molecule has 2 aromatic carbocycles. The second-order valence-corrected chi connectivity index (χ2v) is 5.88. The van der Waals surface area contributed by atoms with E-state index in [1.54, 1.807) is 6.07 Å². The van der Waals surface area contributed by atoms with Crippen molar-refractivity contribution in [2.75, 3.05) is 0 Å². The number of hydrogen-bond donors (Lipinski definition) is 1. The van der Waals surface area contributed by atoms with Crippen LogP contribution in [0.4, 0.5) is 10.1 Å². The summed E-state index contributed by atoms with van der Waals surface area (Å²) in [6.45, 7) is 0. The van der Waals surface area contributed by atoms with E-state index in [2.05, 4.69) is 26.3 Å². The quantitative estimate of drug-likeness (QED) is 0.494. The fourth-order valence-electron chi connectivity index (χ4n) is 2.25. The molecule has 1 fully saturated rings. The molecule has 0 aliphatic heterocycles. The van der Waals surface area contributed by atoms with Crippen molar-refractivity contribution in [1.82, 2.24) is 5.32 Å². The Labute approximate surface area is 149 Å². The monoisotopic (exact) mass is 384 g/mol. The fraction of sp³-hybridized carbons (Fsp3) is 0. The zero-order valence-corrected chi connectivity index (χ0v) is 14.3. The minimum atomic E-state index is -0.568. The van der Waals surface area contributed by atoms with E-state index in [9.17, 15) is 9.18 Å². The number of rotatable bonds is 3. The summed E-state index contributed by atoms with van der Waals surface area (Å²) in [5.41, 5.74) is 1.76. The molecule has 3 nitrogen and oxygen atoms in total. The van der Waals surface area contributed by atoms with Crippen molar-refractivity contribution in [3.63, 3.8) is 0 Å². The van der Waals surface area contributed by atoms with Gasteiger partial charge in [0.15, 0.2) is 0 Å². The molecule has 0 spiro atoms. The Morgan fingerprint density at radius 2 is 1.67 bits per heavy atom. The molecule has 0 heterocycles. The Morgan fingerprint density at radius 3 is 2.33 bits per heavy atom. The van der Waals surface area contributed by atoms with Gasteiger partial charge in [0.1, 0.15) is 0 Å². The molecule has 3 rings (SSSR count). The number of amides is 1. The number of nitrogens with zero attached hydrogens (tertiary/aromatic N) is 1. The van der Waals surface area contributed by atoms with Crippen molar-refractivity contribution >= 4 is 32.3 Å². The van der Waals surface area contributed by atoms with Crippen molar-refractivity contribution in [3.05, 3.63) is 97.1 Å². The number of benzene rings is 2. The first-order chi connectivity index (χ1) is 11.6. The number of carbonyl (C=O) groups excluding carboxylic acids is 1. The van der Waals surface area contributed by atoms with Gasteiger partial charge < -0.3 is 0 Å². The molecule has 6 radical (unpaired) electrons. The molecule has 0 aromatic heterocycles. The number of aliphatic imine (C=N–C) groups is 1. The molecule has 0 unspecified atom stereocenters. The van der Waals surface area contributed by atoms with E-state index in [1.165, 1.54) is 18.2 Å². The Kier molecular flexibility index (Phi) is 5.44. The van der Waals surface area contributed by atoms with Gasteiger partial charge in [0, 0.05) is 0 Å². The molecule has 1 N–H and O–H groups in total. The predicted octanol–water partition coefficient (Wildman–Crippen LogP) is 3.17. The molecule has 0 bridgehead atoms. The third kappa shape index (κ3) is 4.11. The van der Waals surface area contributed by atoms with Crippen molar-refractivity contribution in [2.45, 2.75) is 0 Å². The van der Waals surface area contributed by atoms with Crippen LogP contribution in [0, 0.1) is 37.4 Å². The maximum absolute atomic E-state index is 13.6. The van der Waals surface area contributed by atoms with Crippen LogP contribution in [0.2, 0.25) is 0 Å². The summed E-state index contributed by atoms with van der Waals surface area (Å²) in [6.07, 6.45) is 8.04. The van der Waals surface area contributed by atoms with E-state index >= 15 is 0 Å². The average Bonchev–Trinajstić information content (AvgIpc) is 3.10. The van der Waals surface area contributed by atoms with Gasteiger partial charge in [-0.2, -0.15) is 0 Å². The molecule has 118 valence electrons. The zero-order valence-electron chi connectivity index (χ0n) is 12.6. The summed E-state index contributed by atoms with van der Waals surface area (Å²) in [7, 11) is 0. The van der Waals surface area contributed by atoms with Crippen LogP contribution in [-0.2, 0) is 0 Å². The molecule has 5 heteroatoms. The topological polar surface area (TPSA) is 41.5 Å². The molecule has 2 aromatic rings. The number of amidine groups is 1. The molecular weight excluding hydrogens is 370 g/mol. The summed E-state index contributed by atoms with van der Waals surface area (Å²) in [5, 5.41) is 2.54. The Morgan fingerprint density at radius 1 is 1.00 bits per heavy atom. The van der Waals surface area contributed by atoms with E-state index in [-0.39, 0.29) is 10.3 Å².